The van der Waals surface area contributed by atoms with Crippen molar-refractivity contribution in [1.29, 1.82) is 0 Å². The third-order valence-corrected chi connectivity index (χ3v) is 2.79. The van der Waals surface area contributed by atoms with Crippen LogP contribution in [0, 0.1) is 12.8 Å². The second-order valence-corrected chi connectivity index (χ2v) is 4.52. The minimum atomic E-state index is 0.119. The van der Waals surface area contributed by atoms with E-state index in [1.54, 1.807) is 0 Å². The van der Waals surface area contributed by atoms with Crippen molar-refractivity contribution < 1.29 is 5.11 Å². The van der Waals surface area contributed by atoms with E-state index < -0.39 is 0 Å². The van der Waals surface area contributed by atoms with Gasteiger partial charge in [0.15, 0.2) is 0 Å². The highest BCUT2D eigenvalue weighted by Crippen LogP contribution is 2.16. The number of anilines is 1. The molecule has 1 aromatic heterocycles. The van der Waals surface area contributed by atoms with Crippen LogP contribution in [0.15, 0.2) is 6.07 Å². The monoisotopic (exact) mass is 225 g/mol. The van der Waals surface area contributed by atoms with Gasteiger partial charge in [-0.05, 0) is 19.3 Å². The van der Waals surface area contributed by atoms with Gasteiger partial charge in [0.25, 0.3) is 0 Å². The van der Waals surface area contributed by atoms with E-state index in [4.69, 9.17) is 5.11 Å². The number of hydrogen-bond acceptors (Lipinski definition) is 3. The Balaban J connectivity index is 2.78. The molecule has 92 valence electrons. The predicted molar refractivity (Wildman–Crippen MR) is 66.6 cm³/mol. The van der Waals surface area contributed by atoms with Crippen molar-refractivity contribution in [3.63, 3.8) is 0 Å². The molecule has 0 aromatic carbocycles. The Bertz CT molecular complexity index is 320. The summed E-state index contributed by atoms with van der Waals surface area (Å²) in [7, 11) is 0. The van der Waals surface area contributed by atoms with Gasteiger partial charge in [0.1, 0.15) is 5.82 Å². The molecule has 0 fully saturated rings. The van der Waals surface area contributed by atoms with Crippen LogP contribution in [0.3, 0.4) is 0 Å². The van der Waals surface area contributed by atoms with Crippen LogP contribution >= 0.6 is 0 Å². The highest BCUT2D eigenvalue weighted by atomic mass is 16.3. The molecule has 4 nitrogen and oxygen atoms in total. The van der Waals surface area contributed by atoms with E-state index in [9.17, 15) is 0 Å². The standard InChI is InChI=1S/C12H23N3O/c1-5-11(9(2)3)13-12-8-10(4)14-15(12)6-7-16/h8-9,11,13,16H,5-7H2,1-4H3. The Morgan fingerprint density at radius 2 is 2.19 bits per heavy atom. The Morgan fingerprint density at radius 3 is 2.69 bits per heavy atom. The fraction of sp³-hybridized carbons (Fsp3) is 0.750. The predicted octanol–water partition coefficient (Wildman–Crippen LogP) is 2.03. The van der Waals surface area contributed by atoms with Crippen molar-refractivity contribution in [1.82, 2.24) is 9.78 Å². The van der Waals surface area contributed by atoms with Crippen LogP contribution in [0.5, 0.6) is 0 Å². The molecule has 1 unspecified atom stereocenters. The van der Waals surface area contributed by atoms with Crippen molar-refractivity contribution in [3.05, 3.63) is 11.8 Å². The zero-order valence-electron chi connectivity index (χ0n) is 10.7. The zero-order chi connectivity index (χ0) is 12.1. The summed E-state index contributed by atoms with van der Waals surface area (Å²) in [6.07, 6.45) is 1.08. The van der Waals surface area contributed by atoms with Crippen molar-refractivity contribution in [2.45, 2.75) is 46.7 Å². The molecule has 0 aliphatic carbocycles. The van der Waals surface area contributed by atoms with Crippen LogP contribution in [0.4, 0.5) is 5.82 Å². The van der Waals surface area contributed by atoms with Crippen LogP contribution in [-0.4, -0.2) is 27.5 Å². The van der Waals surface area contributed by atoms with Gasteiger partial charge in [-0.2, -0.15) is 5.10 Å². The maximum atomic E-state index is 8.97. The van der Waals surface area contributed by atoms with Crippen molar-refractivity contribution in [3.8, 4) is 0 Å². The van der Waals surface area contributed by atoms with Crippen LogP contribution in [0.2, 0.25) is 0 Å². The number of nitrogens with one attached hydrogen (secondary N) is 1. The van der Waals surface area contributed by atoms with E-state index in [-0.39, 0.29) is 6.61 Å². The third-order valence-electron chi connectivity index (χ3n) is 2.79. The lowest BCUT2D eigenvalue weighted by Crippen LogP contribution is -2.26. The van der Waals surface area contributed by atoms with Crippen LogP contribution < -0.4 is 5.32 Å². The highest BCUT2D eigenvalue weighted by molar-refractivity contribution is 5.38. The second-order valence-electron chi connectivity index (χ2n) is 4.52. The molecule has 0 aliphatic rings. The SMILES string of the molecule is CCC(Nc1cc(C)nn1CCO)C(C)C. The number of aliphatic hydroxyl groups excluding tert-OH is 1. The quantitative estimate of drug-likeness (QED) is 0.779. The van der Waals surface area contributed by atoms with Gasteiger partial charge in [-0.1, -0.05) is 20.8 Å². The summed E-state index contributed by atoms with van der Waals surface area (Å²) in [5, 5.41) is 16.8. The Labute approximate surface area is 97.7 Å². The number of aryl methyl sites for hydroxylation is 1. The fourth-order valence-electron chi connectivity index (χ4n) is 1.86. The summed E-state index contributed by atoms with van der Waals surface area (Å²) >= 11 is 0. The summed E-state index contributed by atoms with van der Waals surface area (Å²) in [4.78, 5) is 0. The van der Waals surface area contributed by atoms with Crippen LogP contribution in [0.1, 0.15) is 32.9 Å². The third kappa shape index (κ3) is 3.23. The summed E-state index contributed by atoms with van der Waals surface area (Å²) in [5.41, 5.74) is 0.981. The average molecular weight is 225 g/mol. The minimum Gasteiger partial charge on any atom is -0.394 e. The maximum absolute atomic E-state index is 8.97. The van der Waals surface area contributed by atoms with E-state index in [0.717, 1.165) is 17.9 Å². The van der Waals surface area contributed by atoms with Gasteiger partial charge < -0.3 is 10.4 Å². The average Bonchev–Trinajstić information content (AvgIpc) is 2.55. The topological polar surface area (TPSA) is 50.1 Å². The van der Waals surface area contributed by atoms with Gasteiger partial charge >= 0.3 is 0 Å². The molecule has 1 atom stereocenters. The Kier molecular flexibility index (Phi) is 4.80. The van der Waals surface area contributed by atoms with Crippen LogP contribution in [0.25, 0.3) is 0 Å². The first kappa shape index (κ1) is 13.0. The number of aromatic nitrogens is 2. The van der Waals surface area contributed by atoms with Gasteiger partial charge in [0.05, 0.1) is 18.8 Å². The molecule has 0 saturated carbocycles. The van der Waals surface area contributed by atoms with Crippen molar-refractivity contribution in [2.24, 2.45) is 5.92 Å². The smallest absolute Gasteiger partial charge is 0.124 e. The number of nitrogens with zero attached hydrogens (tertiary/aromatic N) is 2. The molecule has 16 heavy (non-hydrogen) atoms. The first-order chi connectivity index (χ1) is 7.58. The molecule has 2 N–H and O–H groups in total. The van der Waals surface area contributed by atoms with Gasteiger partial charge in [0, 0.05) is 12.1 Å². The summed E-state index contributed by atoms with van der Waals surface area (Å²) in [5.74, 6) is 1.59. The fourth-order valence-corrected chi connectivity index (χ4v) is 1.86. The van der Waals surface area contributed by atoms with E-state index in [0.29, 0.717) is 18.5 Å². The summed E-state index contributed by atoms with van der Waals surface area (Å²) in [6, 6.07) is 2.48. The highest BCUT2D eigenvalue weighted by Gasteiger charge is 2.13. The summed E-state index contributed by atoms with van der Waals surface area (Å²) < 4.78 is 1.83. The van der Waals surface area contributed by atoms with E-state index in [1.807, 2.05) is 17.7 Å². The lowest BCUT2D eigenvalue weighted by Gasteiger charge is -2.22. The summed E-state index contributed by atoms with van der Waals surface area (Å²) in [6.45, 7) is 9.23. The molecule has 4 heteroatoms. The molecule has 0 aliphatic heterocycles. The number of aliphatic hydroxyl groups is 1. The molecule has 0 saturated heterocycles. The lowest BCUT2D eigenvalue weighted by molar-refractivity contribution is 0.270. The molecule has 0 amide bonds. The zero-order valence-corrected chi connectivity index (χ0v) is 10.7. The molecular weight excluding hydrogens is 202 g/mol. The molecule has 0 spiro atoms. The normalized spacial score (nSPS) is 13.1. The molecule has 1 rings (SSSR count). The molecular formula is C12H23N3O. The maximum Gasteiger partial charge on any atom is 0.124 e. The first-order valence-corrected chi connectivity index (χ1v) is 6.00. The Hall–Kier alpha value is -1.03. The number of hydrogen-bond donors (Lipinski definition) is 2. The van der Waals surface area contributed by atoms with E-state index >= 15 is 0 Å². The molecule has 1 aromatic rings. The van der Waals surface area contributed by atoms with Crippen molar-refractivity contribution in [2.75, 3.05) is 11.9 Å². The minimum absolute atomic E-state index is 0.119. The number of rotatable bonds is 6. The van der Waals surface area contributed by atoms with Gasteiger partial charge in [0.2, 0.25) is 0 Å². The van der Waals surface area contributed by atoms with E-state index in [1.165, 1.54) is 0 Å². The lowest BCUT2D eigenvalue weighted by atomic mass is 10.0. The van der Waals surface area contributed by atoms with Gasteiger partial charge in [-0.15, -0.1) is 0 Å². The second kappa shape index (κ2) is 5.89. The Morgan fingerprint density at radius 1 is 1.50 bits per heavy atom. The largest absolute Gasteiger partial charge is 0.394 e. The van der Waals surface area contributed by atoms with E-state index in [2.05, 4.69) is 31.2 Å². The van der Waals surface area contributed by atoms with Gasteiger partial charge in [-0.25, -0.2) is 4.68 Å². The first-order valence-electron chi connectivity index (χ1n) is 6.00. The molecule has 1 heterocycles. The molecule has 0 bridgehead atoms. The molecule has 0 radical (unpaired) electrons. The van der Waals surface area contributed by atoms with Gasteiger partial charge in [-0.3, -0.25) is 0 Å². The van der Waals surface area contributed by atoms with Crippen LogP contribution in [-0.2, 0) is 6.54 Å². The van der Waals surface area contributed by atoms with Crippen molar-refractivity contribution >= 4 is 5.82 Å².